The highest BCUT2D eigenvalue weighted by Gasteiger charge is 2.11. The largest absolute Gasteiger partial charge is 0.504 e. The zero-order valence-corrected chi connectivity index (χ0v) is 6.66. The number of phenols is 1. The highest BCUT2D eigenvalue weighted by atomic mass is 32.1. The van der Waals surface area contributed by atoms with Crippen LogP contribution >= 0.6 is 12.2 Å². The van der Waals surface area contributed by atoms with Crippen LogP contribution in [-0.4, -0.2) is 10.1 Å². The maximum atomic E-state index is 12.6. The van der Waals surface area contributed by atoms with E-state index in [0.717, 1.165) is 6.07 Å². The van der Waals surface area contributed by atoms with E-state index in [2.05, 4.69) is 12.2 Å². The van der Waals surface area contributed by atoms with Gasteiger partial charge in [-0.25, -0.2) is 8.78 Å². The summed E-state index contributed by atoms with van der Waals surface area (Å²) in [5.41, 5.74) is 4.90. The summed E-state index contributed by atoms with van der Waals surface area (Å²) in [6.45, 7) is 0. The Hall–Kier alpha value is -1.23. The highest BCUT2D eigenvalue weighted by molar-refractivity contribution is 7.80. The van der Waals surface area contributed by atoms with Crippen LogP contribution in [0, 0.1) is 11.6 Å². The lowest BCUT2D eigenvalue weighted by Gasteiger charge is -2.02. The van der Waals surface area contributed by atoms with E-state index in [4.69, 9.17) is 10.8 Å². The first-order valence-corrected chi connectivity index (χ1v) is 3.41. The molecule has 0 bridgehead atoms. The molecule has 0 atom stereocenters. The monoisotopic (exact) mass is 189 g/mol. The second kappa shape index (κ2) is 3.02. The lowest BCUT2D eigenvalue weighted by Crippen LogP contribution is -2.10. The third-order valence-corrected chi connectivity index (χ3v) is 1.51. The Morgan fingerprint density at radius 2 is 2.00 bits per heavy atom. The van der Waals surface area contributed by atoms with Crippen molar-refractivity contribution < 1.29 is 13.9 Å². The molecule has 2 nitrogen and oxygen atoms in total. The molecule has 0 fully saturated rings. The van der Waals surface area contributed by atoms with Gasteiger partial charge in [0.2, 0.25) is 0 Å². The molecule has 0 amide bonds. The Bertz CT molecular complexity index is 340. The van der Waals surface area contributed by atoms with Crippen molar-refractivity contribution in [2.24, 2.45) is 5.73 Å². The van der Waals surface area contributed by atoms with E-state index in [1.54, 1.807) is 0 Å². The lowest BCUT2D eigenvalue weighted by atomic mass is 10.2. The van der Waals surface area contributed by atoms with Gasteiger partial charge in [-0.15, -0.1) is 0 Å². The quantitative estimate of drug-likeness (QED) is 0.654. The predicted octanol–water partition coefficient (Wildman–Crippen LogP) is 1.30. The minimum Gasteiger partial charge on any atom is -0.504 e. The van der Waals surface area contributed by atoms with Crippen LogP contribution in [0.15, 0.2) is 12.1 Å². The van der Waals surface area contributed by atoms with Gasteiger partial charge in [-0.05, 0) is 6.07 Å². The second-order valence-electron chi connectivity index (χ2n) is 2.15. The molecule has 0 heterocycles. The summed E-state index contributed by atoms with van der Waals surface area (Å²) >= 11 is 4.45. The number of halogens is 2. The van der Waals surface area contributed by atoms with Gasteiger partial charge in [-0.2, -0.15) is 0 Å². The van der Waals surface area contributed by atoms with Gasteiger partial charge in [-0.1, -0.05) is 12.2 Å². The van der Waals surface area contributed by atoms with Crippen LogP contribution < -0.4 is 5.73 Å². The third kappa shape index (κ3) is 1.50. The molecule has 0 unspecified atom stereocenters. The first-order valence-electron chi connectivity index (χ1n) is 3.00. The molecule has 12 heavy (non-hydrogen) atoms. The van der Waals surface area contributed by atoms with Crippen LogP contribution in [0.25, 0.3) is 0 Å². The van der Waals surface area contributed by atoms with Crippen molar-refractivity contribution in [2.75, 3.05) is 0 Å². The van der Waals surface area contributed by atoms with Crippen molar-refractivity contribution in [3.63, 3.8) is 0 Å². The molecular formula is C7H5F2NOS. The molecule has 0 aliphatic heterocycles. The topological polar surface area (TPSA) is 46.2 Å². The van der Waals surface area contributed by atoms with Gasteiger partial charge in [0, 0.05) is 6.07 Å². The summed E-state index contributed by atoms with van der Waals surface area (Å²) in [4.78, 5) is -0.245. The normalized spacial score (nSPS) is 9.83. The van der Waals surface area contributed by atoms with E-state index < -0.39 is 17.4 Å². The van der Waals surface area contributed by atoms with Gasteiger partial charge in [0.1, 0.15) is 10.8 Å². The number of phenolic OH excluding ortho intramolecular Hbond substituents is 1. The summed E-state index contributed by atoms with van der Waals surface area (Å²) in [7, 11) is 0. The van der Waals surface area contributed by atoms with Crippen LogP contribution in [0.2, 0.25) is 0 Å². The van der Waals surface area contributed by atoms with Crippen LogP contribution in [0.1, 0.15) is 5.56 Å². The molecule has 5 heteroatoms. The van der Waals surface area contributed by atoms with E-state index in [9.17, 15) is 8.78 Å². The fourth-order valence-electron chi connectivity index (χ4n) is 0.754. The van der Waals surface area contributed by atoms with E-state index in [1.807, 2.05) is 0 Å². The molecule has 0 aliphatic carbocycles. The van der Waals surface area contributed by atoms with Crippen molar-refractivity contribution >= 4 is 17.2 Å². The number of thiocarbonyl (C=S) groups is 1. The molecular weight excluding hydrogens is 184 g/mol. The van der Waals surface area contributed by atoms with Crippen molar-refractivity contribution in [3.05, 3.63) is 29.3 Å². The lowest BCUT2D eigenvalue weighted by molar-refractivity contribution is 0.427. The molecule has 3 N–H and O–H groups in total. The molecule has 0 radical (unpaired) electrons. The molecule has 1 aromatic carbocycles. The summed E-state index contributed by atoms with van der Waals surface area (Å²) in [5, 5.41) is 8.98. The van der Waals surface area contributed by atoms with Crippen molar-refractivity contribution in [2.45, 2.75) is 0 Å². The Morgan fingerprint density at radius 3 is 2.50 bits per heavy atom. The zero-order valence-electron chi connectivity index (χ0n) is 5.84. The van der Waals surface area contributed by atoms with Crippen LogP contribution in [0.4, 0.5) is 8.78 Å². The first-order chi connectivity index (χ1) is 5.52. The average Bonchev–Trinajstić information content (AvgIpc) is 1.96. The van der Waals surface area contributed by atoms with E-state index in [1.165, 1.54) is 0 Å². The summed E-state index contributed by atoms with van der Waals surface area (Å²) in [6, 6.07) is 1.43. The number of aromatic hydroxyl groups is 1. The molecule has 0 saturated heterocycles. The molecule has 0 saturated carbocycles. The SMILES string of the molecule is NC(=S)c1cc(F)cc(F)c1O. The first kappa shape index (κ1) is 8.86. The second-order valence-corrected chi connectivity index (χ2v) is 2.59. The third-order valence-electron chi connectivity index (χ3n) is 1.29. The Kier molecular flexibility index (Phi) is 2.23. The number of hydrogen-bond acceptors (Lipinski definition) is 2. The minimum absolute atomic E-state index is 0.192. The van der Waals surface area contributed by atoms with Gasteiger partial charge in [-0.3, -0.25) is 0 Å². The Labute approximate surface area is 72.6 Å². The van der Waals surface area contributed by atoms with Gasteiger partial charge < -0.3 is 10.8 Å². The van der Waals surface area contributed by atoms with E-state index in [0.29, 0.717) is 6.07 Å². The van der Waals surface area contributed by atoms with Crippen LogP contribution in [-0.2, 0) is 0 Å². The fraction of sp³-hybridized carbons (Fsp3) is 0. The average molecular weight is 189 g/mol. The molecule has 64 valence electrons. The zero-order chi connectivity index (χ0) is 9.30. The van der Waals surface area contributed by atoms with Gasteiger partial charge in [0.15, 0.2) is 11.6 Å². The fourth-order valence-corrected chi connectivity index (χ4v) is 0.909. The summed E-state index contributed by atoms with van der Waals surface area (Å²) in [6.07, 6.45) is 0. The predicted molar refractivity (Wildman–Crippen MR) is 43.9 cm³/mol. The van der Waals surface area contributed by atoms with Crippen LogP contribution in [0.5, 0.6) is 5.75 Å². The maximum absolute atomic E-state index is 12.6. The number of nitrogens with two attached hydrogens (primary N) is 1. The van der Waals surface area contributed by atoms with Crippen molar-refractivity contribution in [1.82, 2.24) is 0 Å². The Morgan fingerprint density at radius 1 is 1.42 bits per heavy atom. The molecule has 1 rings (SSSR count). The van der Waals surface area contributed by atoms with E-state index in [-0.39, 0.29) is 10.6 Å². The van der Waals surface area contributed by atoms with Gasteiger partial charge >= 0.3 is 0 Å². The van der Waals surface area contributed by atoms with E-state index >= 15 is 0 Å². The molecule has 0 spiro atoms. The Balaban J connectivity index is 3.37. The standard InChI is InChI=1S/C7H5F2NOS/c8-3-1-4(7(10)12)6(11)5(9)2-3/h1-2,11H,(H2,10,12). The minimum atomic E-state index is -1.07. The summed E-state index contributed by atoms with van der Waals surface area (Å²) < 4.78 is 25.1. The van der Waals surface area contributed by atoms with Crippen LogP contribution in [0.3, 0.4) is 0 Å². The van der Waals surface area contributed by atoms with Crippen molar-refractivity contribution in [3.8, 4) is 5.75 Å². The van der Waals surface area contributed by atoms with Gasteiger partial charge in [0.25, 0.3) is 0 Å². The molecule has 1 aromatic rings. The smallest absolute Gasteiger partial charge is 0.168 e. The highest BCUT2D eigenvalue weighted by Crippen LogP contribution is 2.22. The maximum Gasteiger partial charge on any atom is 0.168 e. The number of rotatable bonds is 1. The molecule has 0 aliphatic rings. The van der Waals surface area contributed by atoms with Crippen molar-refractivity contribution in [1.29, 1.82) is 0 Å². The summed E-state index contributed by atoms with van der Waals surface area (Å²) in [5.74, 6) is -2.62. The number of hydrogen-bond donors (Lipinski definition) is 2. The molecule has 0 aromatic heterocycles. The number of benzene rings is 1. The van der Waals surface area contributed by atoms with Gasteiger partial charge in [0.05, 0.1) is 5.56 Å².